The predicted octanol–water partition coefficient (Wildman–Crippen LogP) is 5.51. The number of allylic oxidation sites excluding steroid dienone is 1. The van der Waals surface area contributed by atoms with Gasteiger partial charge in [0.1, 0.15) is 11.4 Å². The Morgan fingerprint density at radius 1 is 1.30 bits per heavy atom. The maximum Gasteiger partial charge on any atom is 0.425 e. The molecule has 1 N–H and O–H groups in total. The van der Waals surface area contributed by atoms with Gasteiger partial charge in [0, 0.05) is 13.0 Å². The Morgan fingerprint density at radius 3 is 2.41 bits per heavy atom. The van der Waals surface area contributed by atoms with Gasteiger partial charge in [0.2, 0.25) is 0 Å². The van der Waals surface area contributed by atoms with E-state index < -0.39 is 42.7 Å². The Morgan fingerprint density at radius 2 is 1.92 bits per heavy atom. The number of methoxy groups -OCH3 is 1. The molecule has 0 radical (unpaired) electrons. The van der Waals surface area contributed by atoms with E-state index in [1.54, 1.807) is 6.92 Å². The van der Waals surface area contributed by atoms with Gasteiger partial charge in [-0.25, -0.2) is 18.8 Å². The van der Waals surface area contributed by atoms with Gasteiger partial charge in [-0.2, -0.15) is 13.2 Å². The van der Waals surface area contributed by atoms with Crippen molar-refractivity contribution in [2.24, 2.45) is 10.9 Å². The van der Waals surface area contributed by atoms with E-state index in [0.717, 1.165) is 42.5 Å². The second-order valence-electron chi connectivity index (χ2n) is 9.80. The average Bonchev–Trinajstić information content (AvgIpc) is 3.65. The number of aliphatic imine (C=N–C) groups is 1. The zero-order valence-corrected chi connectivity index (χ0v) is 21.8. The van der Waals surface area contributed by atoms with Crippen LogP contribution in [-0.2, 0) is 4.74 Å². The first kappa shape index (κ1) is 28.6. The summed E-state index contributed by atoms with van der Waals surface area (Å²) in [5, 5.41) is 2.98. The van der Waals surface area contributed by atoms with Gasteiger partial charge in [-0.05, 0) is 51.5 Å². The first-order valence-corrected chi connectivity index (χ1v) is 12.1. The van der Waals surface area contributed by atoms with Crippen molar-refractivity contribution in [3.63, 3.8) is 0 Å². The molecule has 1 aliphatic heterocycles. The number of alkyl halides is 5. The molecule has 1 amide bonds. The Balaban J connectivity index is 1.97. The molecule has 1 aromatic heterocycles. The van der Waals surface area contributed by atoms with Crippen LogP contribution in [-0.4, -0.2) is 60.7 Å². The van der Waals surface area contributed by atoms with Gasteiger partial charge in [-0.3, -0.25) is 4.79 Å². The third kappa shape index (κ3) is 6.51. The molecule has 206 valence electrons. The predicted molar refractivity (Wildman–Crippen MR) is 129 cm³/mol. The average molecular weight is 533 g/mol. The molecule has 3 rings (SSSR count). The molecule has 1 saturated carbocycles. The molecule has 12 heteroatoms. The van der Waals surface area contributed by atoms with Crippen molar-refractivity contribution in [3.8, 4) is 5.75 Å². The Hall–Kier alpha value is -2.92. The van der Waals surface area contributed by atoms with E-state index in [4.69, 9.17) is 9.47 Å². The van der Waals surface area contributed by atoms with E-state index in [9.17, 15) is 26.7 Å². The number of nitrogens with zero attached hydrogens (tertiary/aromatic N) is 3. The summed E-state index contributed by atoms with van der Waals surface area (Å²) in [6.07, 6.45) is -3.44. The van der Waals surface area contributed by atoms with Crippen LogP contribution >= 0.6 is 0 Å². The summed E-state index contributed by atoms with van der Waals surface area (Å²) in [7, 11) is 1.49. The number of carbonyl (C=O) groups excluding carboxylic acids is 1. The van der Waals surface area contributed by atoms with Crippen LogP contribution in [0.25, 0.3) is 0 Å². The number of hydrogen-bond acceptors (Lipinski definition) is 6. The van der Waals surface area contributed by atoms with Gasteiger partial charge in [-0.15, -0.1) is 0 Å². The molecule has 2 aliphatic rings. The molecular weight excluding hydrogens is 499 g/mol. The lowest BCUT2D eigenvalue weighted by Crippen LogP contribution is -2.56. The summed E-state index contributed by atoms with van der Waals surface area (Å²) in [6.45, 7) is 6.87. The number of nitrogens with one attached hydrogen (secondary N) is 1. The summed E-state index contributed by atoms with van der Waals surface area (Å²) in [6, 6.07) is 1.07. The lowest BCUT2D eigenvalue weighted by molar-refractivity contribution is -0.189. The van der Waals surface area contributed by atoms with Crippen molar-refractivity contribution in [2.75, 3.05) is 25.1 Å². The first-order chi connectivity index (χ1) is 17.1. The molecule has 2 unspecified atom stereocenters. The minimum Gasteiger partial charge on any atom is -0.484 e. The van der Waals surface area contributed by atoms with Crippen LogP contribution in [0.5, 0.6) is 5.75 Å². The van der Waals surface area contributed by atoms with Crippen molar-refractivity contribution in [1.29, 1.82) is 0 Å². The molecule has 2 heterocycles. The molecule has 2 atom stereocenters. The molecule has 1 aliphatic carbocycles. The Labute approximate surface area is 213 Å². The fourth-order valence-electron chi connectivity index (χ4n) is 4.17. The zero-order valence-electron chi connectivity index (χ0n) is 21.8. The van der Waals surface area contributed by atoms with Gasteiger partial charge >= 0.3 is 6.18 Å². The molecule has 0 bridgehead atoms. The highest BCUT2D eigenvalue weighted by Gasteiger charge is 2.48. The molecule has 2 fully saturated rings. The largest absolute Gasteiger partial charge is 0.484 e. The van der Waals surface area contributed by atoms with Crippen molar-refractivity contribution in [3.05, 3.63) is 29.2 Å². The van der Waals surface area contributed by atoms with Gasteiger partial charge in [-0.1, -0.05) is 6.92 Å². The number of amides is 1. The van der Waals surface area contributed by atoms with E-state index in [1.165, 1.54) is 7.11 Å². The van der Waals surface area contributed by atoms with Crippen LogP contribution in [0.2, 0.25) is 0 Å². The first-order valence-electron chi connectivity index (χ1n) is 12.1. The van der Waals surface area contributed by atoms with Crippen molar-refractivity contribution < 1.29 is 36.2 Å². The Kier molecular flexibility index (Phi) is 8.09. The maximum atomic E-state index is 13.4. The normalized spacial score (nSPS) is 20.8. The number of hydrogen-bond donors (Lipinski definition) is 1. The Bertz CT molecular complexity index is 1080. The summed E-state index contributed by atoms with van der Waals surface area (Å²) in [5.41, 5.74) is 0.458. The highest BCUT2D eigenvalue weighted by atomic mass is 19.4. The van der Waals surface area contributed by atoms with Gasteiger partial charge in [0.05, 0.1) is 43.3 Å². The standard InChI is InChI=1S/C25H33F5N4O3/c1-7-14(2)21(32-16(4)36-6)23(5,17-8-9-17)33-22(35)18-10-20(37-15(3)25(28,29)30)19(11-31-18)34-12-24(26,27)13-34/h10-11,15,17H,7-9,12-13H2,1-6H3,(H,33,35). The molecular formula is C25H33F5N4O3. The van der Waals surface area contributed by atoms with Crippen LogP contribution in [0.4, 0.5) is 27.6 Å². The zero-order chi connectivity index (χ0) is 27.8. The summed E-state index contributed by atoms with van der Waals surface area (Å²) >= 11 is 0. The number of pyridine rings is 1. The third-order valence-electron chi connectivity index (χ3n) is 6.79. The lowest BCUT2D eigenvalue weighted by Gasteiger charge is -2.41. The number of rotatable bonds is 9. The summed E-state index contributed by atoms with van der Waals surface area (Å²) < 4.78 is 76.9. The van der Waals surface area contributed by atoms with Crippen molar-refractivity contribution in [1.82, 2.24) is 10.3 Å². The lowest BCUT2D eigenvalue weighted by atomic mass is 9.87. The summed E-state index contributed by atoms with van der Waals surface area (Å²) in [5.74, 6) is -3.46. The van der Waals surface area contributed by atoms with Crippen LogP contribution in [0.15, 0.2) is 28.5 Å². The molecule has 7 nitrogen and oxygen atoms in total. The second kappa shape index (κ2) is 10.4. The van der Waals surface area contributed by atoms with Gasteiger partial charge < -0.3 is 19.7 Å². The fourth-order valence-corrected chi connectivity index (χ4v) is 4.17. The van der Waals surface area contributed by atoms with Crippen LogP contribution in [0.3, 0.4) is 0 Å². The van der Waals surface area contributed by atoms with E-state index in [-0.39, 0.29) is 23.0 Å². The molecule has 37 heavy (non-hydrogen) atoms. The van der Waals surface area contributed by atoms with Crippen LogP contribution in [0, 0.1) is 5.92 Å². The van der Waals surface area contributed by atoms with Gasteiger partial charge in [0.15, 0.2) is 12.0 Å². The highest BCUT2D eigenvalue weighted by molar-refractivity contribution is 5.94. The van der Waals surface area contributed by atoms with E-state index in [1.807, 2.05) is 20.8 Å². The smallest absolute Gasteiger partial charge is 0.425 e. The number of halogens is 5. The number of ether oxygens (including phenoxy) is 2. The third-order valence-corrected chi connectivity index (χ3v) is 6.79. The SMILES string of the molecule is CCC(C)=C(N=C(C)OC)C(C)(NC(=O)c1cc(OC(C)C(F)(F)F)c(N2CC(F)(F)C2)cn1)C1CC1. The molecule has 0 spiro atoms. The van der Waals surface area contributed by atoms with Crippen molar-refractivity contribution >= 4 is 17.5 Å². The van der Waals surface area contributed by atoms with Crippen molar-refractivity contribution in [2.45, 2.75) is 77.6 Å². The summed E-state index contributed by atoms with van der Waals surface area (Å²) in [4.78, 5) is 23.2. The minimum atomic E-state index is -4.69. The molecule has 0 aromatic carbocycles. The molecule has 1 saturated heterocycles. The molecule has 1 aromatic rings. The van der Waals surface area contributed by atoms with Gasteiger partial charge in [0.25, 0.3) is 11.8 Å². The fraction of sp³-hybridized carbons (Fsp3) is 0.640. The quantitative estimate of drug-likeness (QED) is 0.258. The monoisotopic (exact) mass is 532 g/mol. The number of aromatic nitrogens is 1. The highest BCUT2D eigenvalue weighted by Crippen LogP contribution is 2.45. The number of carbonyl (C=O) groups is 1. The topological polar surface area (TPSA) is 76.1 Å². The van der Waals surface area contributed by atoms with Crippen LogP contribution < -0.4 is 15.0 Å². The maximum absolute atomic E-state index is 13.4. The number of anilines is 1. The minimum absolute atomic E-state index is 0.0359. The van der Waals surface area contributed by atoms with E-state index in [0.29, 0.717) is 18.0 Å². The van der Waals surface area contributed by atoms with Crippen LogP contribution in [0.1, 0.15) is 64.4 Å². The van der Waals surface area contributed by atoms with E-state index in [2.05, 4.69) is 15.3 Å². The van der Waals surface area contributed by atoms with E-state index >= 15 is 0 Å². The second-order valence-corrected chi connectivity index (χ2v) is 9.80.